The van der Waals surface area contributed by atoms with E-state index in [2.05, 4.69) is 30.7 Å². The van der Waals surface area contributed by atoms with E-state index in [4.69, 9.17) is 0 Å². The normalized spacial score (nSPS) is 13.2. The lowest BCUT2D eigenvalue weighted by Gasteiger charge is -2.29. The van der Waals surface area contributed by atoms with E-state index < -0.39 is 10.1 Å². The molecule has 1 aromatic heterocycles. The highest BCUT2D eigenvalue weighted by Crippen LogP contribution is 2.33. The zero-order valence-electron chi connectivity index (χ0n) is 14.5. The second kappa shape index (κ2) is 7.42. The summed E-state index contributed by atoms with van der Waals surface area (Å²) in [6.07, 6.45) is 3.37. The van der Waals surface area contributed by atoms with Crippen molar-refractivity contribution in [3.05, 3.63) is 47.8 Å². The fourth-order valence-corrected chi connectivity index (χ4v) is 3.62. The molecule has 130 valence electrons. The van der Waals surface area contributed by atoms with Gasteiger partial charge in [-0.1, -0.05) is 19.9 Å². The molecule has 5 nitrogen and oxygen atoms in total. The van der Waals surface area contributed by atoms with Crippen molar-refractivity contribution in [2.24, 2.45) is 0 Å². The molecule has 0 saturated carbocycles. The summed E-state index contributed by atoms with van der Waals surface area (Å²) in [6.45, 7) is 9.89. The van der Waals surface area contributed by atoms with E-state index in [0.29, 0.717) is 0 Å². The lowest BCUT2D eigenvalue weighted by Crippen LogP contribution is -2.27. The summed E-state index contributed by atoms with van der Waals surface area (Å²) in [5.74, 6) is 0. The molecule has 0 amide bonds. The molecule has 2 rings (SSSR count). The first kappa shape index (κ1) is 18.6. The van der Waals surface area contributed by atoms with Gasteiger partial charge in [0.05, 0.1) is 4.90 Å². The van der Waals surface area contributed by atoms with Crippen molar-refractivity contribution < 1.29 is 13.0 Å². The molecule has 1 heterocycles. The minimum Gasteiger partial charge on any atom is -0.297 e. The molecule has 0 saturated heterocycles. The van der Waals surface area contributed by atoms with Crippen molar-refractivity contribution in [2.45, 2.75) is 38.6 Å². The maximum Gasteiger partial charge on any atom is 0.294 e. The Labute approximate surface area is 144 Å². The van der Waals surface area contributed by atoms with Crippen LogP contribution in [0, 0.1) is 6.92 Å². The summed E-state index contributed by atoms with van der Waals surface area (Å²) < 4.78 is 33.0. The Balaban J connectivity index is 2.71. The molecule has 1 aromatic carbocycles. The van der Waals surface area contributed by atoms with Gasteiger partial charge < -0.3 is 0 Å². The molecule has 0 aliphatic heterocycles. The number of rotatable bonds is 6. The Morgan fingerprint density at radius 2 is 1.92 bits per heavy atom. The second-order valence-electron chi connectivity index (χ2n) is 5.80. The highest BCUT2D eigenvalue weighted by atomic mass is 32.2. The molecule has 0 fully saturated rings. The molecular weight excluding hydrogens is 324 g/mol. The van der Waals surface area contributed by atoms with Crippen LogP contribution in [0.5, 0.6) is 0 Å². The zero-order valence-corrected chi connectivity index (χ0v) is 15.3. The second-order valence-corrected chi connectivity index (χ2v) is 7.22. The minimum atomic E-state index is -4.28. The van der Waals surface area contributed by atoms with Gasteiger partial charge in [-0.05, 0) is 61.8 Å². The number of hydrogen-bond acceptors (Lipinski definition) is 4. The summed E-state index contributed by atoms with van der Waals surface area (Å²) in [5.41, 5.74) is 3.49. The quantitative estimate of drug-likeness (QED) is 0.806. The van der Waals surface area contributed by atoms with E-state index in [1.165, 1.54) is 6.07 Å². The van der Waals surface area contributed by atoms with Crippen LogP contribution < -0.4 is 0 Å². The first-order valence-electron chi connectivity index (χ1n) is 8.06. The monoisotopic (exact) mass is 348 g/mol. The SMILES string of the molecule is CCN(CC)C(C)c1cc(S(=O)(=O)O)cc(-c2cccnc2)c1C. The summed E-state index contributed by atoms with van der Waals surface area (Å²) in [6, 6.07) is 6.82. The van der Waals surface area contributed by atoms with Crippen LogP contribution in [-0.4, -0.2) is 35.9 Å². The summed E-state index contributed by atoms with van der Waals surface area (Å²) in [4.78, 5) is 6.27. The van der Waals surface area contributed by atoms with Crippen LogP contribution in [0.15, 0.2) is 41.6 Å². The van der Waals surface area contributed by atoms with Gasteiger partial charge in [-0.25, -0.2) is 0 Å². The Bertz CT molecular complexity index is 801. The van der Waals surface area contributed by atoms with Crippen LogP contribution in [0.2, 0.25) is 0 Å². The molecule has 24 heavy (non-hydrogen) atoms. The molecule has 0 aliphatic carbocycles. The molecule has 1 N–H and O–H groups in total. The highest BCUT2D eigenvalue weighted by Gasteiger charge is 2.21. The van der Waals surface area contributed by atoms with Gasteiger partial charge in [-0.15, -0.1) is 0 Å². The summed E-state index contributed by atoms with van der Waals surface area (Å²) in [7, 11) is -4.28. The predicted molar refractivity (Wildman–Crippen MR) is 95.6 cm³/mol. The Kier molecular flexibility index (Phi) is 5.74. The van der Waals surface area contributed by atoms with Crippen molar-refractivity contribution in [2.75, 3.05) is 13.1 Å². The molecule has 0 aliphatic rings. The molecule has 1 unspecified atom stereocenters. The third kappa shape index (κ3) is 3.83. The molecule has 0 radical (unpaired) electrons. The topological polar surface area (TPSA) is 70.5 Å². The standard InChI is InChI=1S/C18H24N2O3S/c1-5-20(6-2)14(4)17-10-16(24(21,22)23)11-18(13(17)3)15-8-7-9-19-12-15/h7-12,14H,5-6H2,1-4H3,(H,21,22,23). The molecule has 0 spiro atoms. The molecule has 2 aromatic rings. The van der Waals surface area contributed by atoms with Gasteiger partial charge in [0.1, 0.15) is 0 Å². The van der Waals surface area contributed by atoms with Gasteiger partial charge in [0, 0.05) is 24.0 Å². The fourth-order valence-electron chi connectivity index (χ4n) is 3.08. The third-order valence-corrected chi connectivity index (χ3v) is 5.33. The highest BCUT2D eigenvalue weighted by molar-refractivity contribution is 7.85. The van der Waals surface area contributed by atoms with Crippen LogP contribution in [0.1, 0.15) is 37.9 Å². The lowest BCUT2D eigenvalue weighted by molar-refractivity contribution is 0.233. The molecular formula is C18H24N2O3S. The summed E-state index contributed by atoms with van der Waals surface area (Å²) in [5, 5.41) is 0. The first-order chi connectivity index (χ1) is 11.3. The number of pyridine rings is 1. The van der Waals surface area contributed by atoms with E-state index >= 15 is 0 Å². The first-order valence-corrected chi connectivity index (χ1v) is 9.50. The van der Waals surface area contributed by atoms with Crippen molar-refractivity contribution in [1.82, 2.24) is 9.88 Å². The van der Waals surface area contributed by atoms with Gasteiger partial charge in [0.15, 0.2) is 0 Å². The van der Waals surface area contributed by atoms with Gasteiger partial charge in [-0.2, -0.15) is 8.42 Å². The van der Waals surface area contributed by atoms with Crippen LogP contribution in [0.3, 0.4) is 0 Å². The van der Waals surface area contributed by atoms with Crippen LogP contribution in [-0.2, 0) is 10.1 Å². The van der Waals surface area contributed by atoms with Crippen molar-refractivity contribution in [3.63, 3.8) is 0 Å². The Hall–Kier alpha value is -1.76. The molecule has 1 atom stereocenters. The maximum absolute atomic E-state index is 11.7. The van der Waals surface area contributed by atoms with Gasteiger partial charge in [-0.3, -0.25) is 14.4 Å². The number of aromatic nitrogens is 1. The number of hydrogen-bond donors (Lipinski definition) is 1. The van der Waals surface area contributed by atoms with E-state index in [-0.39, 0.29) is 10.9 Å². The van der Waals surface area contributed by atoms with Crippen LogP contribution in [0.25, 0.3) is 11.1 Å². The van der Waals surface area contributed by atoms with E-state index in [1.54, 1.807) is 18.5 Å². The van der Waals surface area contributed by atoms with Gasteiger partial charge in [0.2, 0.25) is 0 Å². The van der Waals surface area contributed by atoms with E-state index in [1.807, 2.05) is 19.1 Å². The zero-order chi connectivity index (χ0) is 17.9. The average molecular weight is 348 g/mol. The molecule has 0 bridgehead atoms. The molecule has 6 heteroatoms. The van der Waals surface area contributed by atoms with E-state index in [9.17, 15) is 13.0 Å². The van der Waals surface area contributed by atoms with Crippen molar-refractivity contribution in [3.8, 4) is 11.1 Å². The smallest absolute Gasteiger partial charge is 0.294 e. The largest absolute Gasteiger partial charge is 0.297 e. The third-order valence-electron chi connectivity index (χ3n) is 4.50. The predicted octanol–water partition coefficient (Wildman–Crippen LogP) is 3.71. The summed E-state index contributed by atoms with van der Waals surface area (Å²) >= 11 is 0. The van der Waals surface area contributed by atoms with Crippen LogP contribution >= 0.6 is 0 Å². The number of benzene rings is 1. The van der Waals surface area contributed by atoms with Crippen molar-refractivity contribution >= 4 is 10.1 Å². The lowest BCUT2D eigenvalue weighted by atomic mass is 9.93. The van der Waals surface area contributed by atoms with Gasteiger partial charge >= 0.3 is 0 Å². The Morgan fingerprint density at radius 3 is 2.42 bits per heavy atom. The fraction of sp³-hybridized carbons (Fsp3) is 0.389. The van der Waals surface area contributed by atoms with Crippen molar-refractivity contribution in [1.29, 1.82) is 0 Å². The average Bonchev–Trinajstić information content (AvgIpc) is 2.55. The minimum absolute atomic E-state index is 0.0390. The number of nitrogens with zero attached hydrogens (tertiary/aromatic N) is 2. The Morgan fingerprint density at radius 1 is 1.25 bits per heavy atom. The van der Waals surface area contributed by atoms with E-state index in [0.717, 1.165) is 35.3 Å². The van der Waals surface area contributed by atoms with Gasteiger partial charge in [0.25, 0.3) is 10.1 Å². The van der Waals surface area contributed by atoms with Crippen LogP contribution in [0.4, 0.5) is 0 Å². The maximum atomic E-state index is 11.7.